The molecule has 1 aromatic carbocycles. The molecule has 0 amide bonds. The maximum Gasteiger partial charge on any atom is 0.434 e. The van der Waals surface area contributed by atoms with Gasteiger partial charge in [0.15, 0.2) is 11.5 Å². The van der Waals surface area contributed by atoms with E-state index < -0.39 is 23.8 Å². The maximum atomic E-state index is 15.2. The second kappa shape index (κ2) is 11.0. The normalized spacial score (nSPS) is 14.4. The van der Waals surface area contributed by atoms with Crippen molar-refractivity contribution in [3.05, 3.63) is 65.3 Å². The van der Waals surface area contributed by atoms with E-state index in [1.807, 2.05) is 0 Å². The smallest absolute Gasteiger partial charge is 0.434 e. The lowest BCUT2D eigenvalue weighted by molar-refractivity contribution is -0.140. The zero-order chi connectivity index (χ0) is 29.5. The molecule has 216 valence electrons. The Labute approximate surface area is 233 Å². The van der Waals surface area contributed by atoms with Gasteiger partial charge in [-0.05, 0) is 51.3 Å². The monoisotopic (exact) mass is 572 g/mol. The molecule has 1 aliphatic rings. The quantitative estimate of drug-likeness (QED) is 0.242. The van der Waals surface area contributed by atoms with E-state index >= 15 is 4.39 Å². The number of imidazole rings is 1. The number of nitrogens with zero attached hydrogens (tertiary/aromatic N) is 6. The SMILES string of the molecule is COc1ncnc(C2CC2)c1-c1ncc(C(C)O)c(OCc2ccc(-c3nc(C(F)(F)F)cn3C(C)C)c(F)c2)n1. The second-order valence-electron chi connectivity index (χ2n) is 10.1. The first-order valence-corrected chi connectivity index (χ1v) is 13.0. The van der Waals surface area contributed by atoms with Crippen LogP contribution in [0.4, 0.5) is 17.6 Å². The molecule has 3 heterocycles. The Morgan fingerprint density at radius 1 is 1.07 bits per heavy atom. The predicted octanol–water partition coefficient (Wildman–Crippen LogP) is 6.05. The molecular formula is C28H28F4N6O3. The van der Waals surface area contributed by atoms with Gasteiger partial charge in [0.2, 0.25) is 11.8 Å². The van der Waals surface area contributed by atoms with E-state index in [4.69, 9.17) is 9.47 Å². The number of benzene rings is 1. The van der Waals surface area contributed by atoms with Gasteiger partial charge < -0.3 is 19.1 Å². The molecule has 0 aliphatic heterocycles. The third kappa shape index (κ3) is 5.85. The minimum absolute atomic E-state index is 0.0734. The van der Waals surface area contributed by atoms with E-state index in [0.29, 0.717) is 22.6 Å². The molecule has 13 heteroatoms. The van der Waals surface area contributed by atoms with Gasteiger partial charge in [-0.25, -0.2) is 24.3 Å². The van der Waals surface area contributed by atoms with Crippen LogP contribution in [0.25, 0.3) is 22.8 Å². The number of aliphatic hydroxyl groups is 1. The Morgan fingerprint density at radius 3 is 2.44 bits per heavy atom. The zero-order valence-electron chi connectivity index (χ0n) is 22.8. The van der Waals surface area contributed by atoms with Crippen LogP contribution in [0.1, 0.15) is 74.2 Å². The van der Waals surface area contributed by atoms with Gasteiger partial charge in [0.25, 0.3) is 0 Å². The largest absolute Gasteiger partial charge is 0.480 e. The lowest BCUT2D eigenvalue weighted by Crippen LogP contribution is -2.08. The minimum atomic E-state index is -4.66. The van der Waals surface area contributed by atoms with Gasteiger partial charge in [0.05, 0.1) is 30.0 Å². The van der Waals surface area contributed by atoms with Crippen LogP contribution in [0.3, 0.4) is 0 Å². The molecule has 1 atom stereocenters. The van der Waals surface area contributed by atoms with Gasteiger partial charge >= 0.3 is 6.18 Å². The summed E-state index contributed by atoms with van der Waals surface area (Å²) in [5.74, 6) is -0.0000525. The fourth-order valence-electron chi connectivity index (χ4n) is 4.42. The summed E-state index contributed by atoms with van der Waals surface area (Å²) in [5.41, 5.74) is 0.834. The highest BCUT2D eigenvalue weighted by molar-refractivity contribution is 5.66. The number of hydrogen-bond donors (Lipinski definition) is 1. The van der Waals surface area contributed by atoms with Gasteiger partial charge in [-0.15, -0.1) is 0 Å². The fourth-order valence-corrected chi connectivity index (χ4v) is 4.42. The maximum absolute atomic E-state index is 15.2. The summed E-state index contributed by atoms with van der Waals surface area (Å²) in [6.45, 7) is 4.77. The zero-order valence-corrected chi connectivity index (χ0v) is 22.8. The van der Waals surface area contributed by atoms with Crippen LogP contribution in [-0.4, -0.2) is 41.7 Å². The molecule has 1 unspecified atom stereocenters. The highest BCUT2D eigenvalue weighted by Gasteiger charge is 2.36. The van der Waals surface area contributed by atoms with E-state index in [9.17, 15) is 18.3 Å². The second-order valence-corrected chi connectivity index (χ2v) is 10.1. The van der Waals surface area contributed by atoms with Crippen LogP contribution in [0.5, 0.6) is 11.8 Å². The first-order valence-electron chi connectivity index (χ1n) is 13.0. The number of halogens is 4. The summed E-state index contributed by atoms with van der Waals surface area (Å²) in [7, 11) is 1.49. The summed E-state index contributed by atoms with van der Waals surface area (Å²) < 4.78 is 67.7. The van der Waals surface area contributed by atoms with Gasteiger partial charge in [-0.3, -0.25) is 0 Å². The summed E-state index contributed by atoms with van der Waals surface area (Å²) >= 11 is 0. The predicted molar refractivity (Wildman–Crippen MR) is 140 cm³/mol. The molecule has 0 radical (unpaired) electrons. The Balaban J connectivity index is 1.45. The van der Waals surface area contributed by atoms with Crippen molar-refractivity contribution in [2.45, 2.75) is 64.5 Å². The van der Waals surface area contributed by atoms with E-state index in [1.54, 1.807) is 13.8 Å². The van der Waals surface area contributed by atoms with Crippen molar-refractivity contribution in [3.8, 4) is 34.5 Å². The molecule has 5 rings (SSSR count). The lowest BCUT2D eigenvalue weighted by atomic mass is 10.1. The molecule has 4 aromatic rings. The standard InChI is InChI=1S/C28H28F4N6O3/c1-14(2)38-11-21(28(30,31)32)36-25(38)18-8-5-16(9-20(18)29)12-41-26-19(15(3)39)10-33-24(37-26)22-23(17-6-7-17)34-13-35-27(22)40-4/h5,8-11,13-15,17,39H,6-7,12H2,1-4H3. The third-order valence-corrected chi connectivity index (χ3v) is 6.68. The van der Waals surface area contributed by atoms with Crippen molar-refractivity contribution in [1.29, 1.82) is 0 Å². The number of rotatable bonds is 9. The summed E-state index contributed by atoms with van der Waals surface area (Å²) in [4.78, 5) is 21.2. The Hall–Kier alpha value is -4.13. The van der Waals surface area contributed by atoms with Gasteiger partial charge in [-0.1, -0.05) is 6.07 Å². The van der Waals surface area contributed by atoms with Crippen molar-refractivity contribution < 1.29 is 32.1 Å². The van der Waals surface area contributed by atoms with Crippen LogP contribution in [-0.2, 0) is 12.8 Å². The molecule has 41 heavy (non-hydrogen) atoms. The van der Waals surface area contributed by atoms with E-state index in [1.165, 1.54) is 49.3 Å². The summed E-state index contributed by atoms with van der Waals surface area (Å²) in [6.07, 6.45) is 0.0612. The van der Waals surface area contributed by atoms with Crippen molar-refractivity contribution in [3.63, 3.8) is 0 Å². The Bertz CT molecular complexity index is 1570. The molecule has 3 aromatic heterocycles. The average Bonchev–Trinajstić information content (AvgIpc) is 3.67. The van der Waals surface area contributed by atoms with Gasteiger partial charge in [-0.2, -0.15) is 18.2 Å². The molecule has 0 spiro atoms. The van der Waals surface area contributed by atoms with Crippen LogP contribution < -0.4 is 9.47 Å². The third-order valence-electron chi connectivity index (χ3n) is 6.68. The number of methoxy groups -OCH3 is 1. The first kappa shape index (κ1) is 28.4. The lowest BCUT2D eigenvalue weighted by Gasteiger charge is -2.16. The van der Waals surface area contributed by atoms with Crippen LogP contribution in [0, 0.1) is 5.82 Å². The number of ether oxygens (including phenoxy) is 2. The summed E-state index contributed by atoms with van der Waals surface area (Å²) in [5, 5.41) is 10.3. The van der Waals surface area contributed by atoms with Crippen molar-refractivity contribution in [1.82, 2.24) is 29.5 Å². The highest BCUT2D eigenvalue weighted by Crippen LogP contribution is 2.45. The van der Waals surface area contributed by atoms with Crippen molar-refractivity contribution in [2.75, 3.05) is 7.11 Å². The number of aromatic nitrogens is 6. The van der Waals surface area contributed by atoms with Crippen molar-refractivity contribution >= 4 is 0 Å². The van der Waals surface area contributed by atoms with Crippen LogP contribution in [0.2, 0.25) is 0 Å². The Morgan fingerprint density at radius 2 is 1.83 bits per heavy atom. The van der Waals surface area contributed by atoms with Crippen molar-refractivity contribution in [2.24, 2.45) is 0 Å². The topological polar surface area (TPSA) is 108 Å². The fraction of sp³-hybridized carbons (Fsp3) is 0.393. The number of aliphatic hydroxyl groups excluding tert-OH is 1. The van der Waals surface area contributed by atoms with E-state index in [2.05, 4.69) is 24.9 Å². The molecule has 1 N–H and O–H groups in total. The van der Waals surface area contributed by atoms with Crippen LogP contribution >= 0.6 is 0 Å². The van der Waals surface area contributed by atoms with E-state index in [-0.39, 0.29) is 41.7 Å². The molecule has 9 nitrogen and oxygen atoms in total. The average molecular weight is 573 g/mol. The van der Waals surface area contributed by atoms with Gasteiger partial charge in [0.1, 0.15) is 30.1 Å². The Kier molecular flexibility index (Phi) is 7.64. The molecule has 1 aliphatic carbocycles. The number of alkyl halides is 3. The van der Waals surface area contributed by atoms with E-state index in [0.717, 1.165) is 24.7 Å². The highest BCUT2D eigenvalue weighted by atomic mass is 19.4. The first-order chi connectivity index (χ1) is 19.5. The van der Waals surface area contributed by atoms with Crippen LogP contribution in [0.15, 0.2) is 36.9 Å². The van der Waals surface area contributed by atoms with Gasteiger partial charge in [0, 0.05) is 24.4 Å². The number of hydrogen-bond acceptors (Lipinski definition) is 8. The minimum Gasteiger partial charge on any atom is -0.480 e. The molecule has 0 bridgehead atoms. The molecule has 0 saturated heterocycles. The summed E-state index contributed by atoms with van der Waals surface area (Å²) in [6, 6.07) is 3.69. The molecule has 1 saturated carbocycles. The molecule has 1 fully saturated rings. The molecular weight excluding hydrogens is 544 g/mol.